The Balaban J connectivity index is 1.66. The van der Waals surface area contributed by atoms with Crippen LogP contribution in [0.1, 0.15) is 36.7 Å². The highest BCUT2D eigenvalue weighted by molar-refractivity contribution is 7.99. The molecule has 0 saturated heterocycles. The van der Waals surface area contributed by atoms with Gasteiger partial charge in [-0.05, 0) is 35.2 Å². The molecule has 0 radical (unpaired) electrons. The number of thioether (sulfide) groups is 1. The Labute approximate surface area is 186 Å². The van der Waals surface area contributed by atoms with Gasteiger partial charge in [0.25, 0.3) is 5.56 Å². The van der Waals surface area contributed by atoms with Gasteiger partial charge in [-0.3, -0.25) is 14.2 Å². The highest BCUT2D eigenvalue weighted by Crippen LogP contribution is 2.24. The number of hydrogen-bond acceptors (Lipinski definition) is 4. The molecule has 0 spiro atoms. The molecular weight excluding hydrogens is 404 g/mol. The maximum absolute atomic E-state index is 13.2. The molecule has 1 aromatic heterocycles. The zero-order chi connectivity index (χ0) is 22.0. The minimum absolute atomic E-state index is 0.00692. The van der Waals surface area contributed by atoms with E-state index in [1.54, 1.807) is 10.6 Å². The van der Waals surface area contributed by atoms with Gasteiger partial charge in [-0.1, -0.05) is 87.1 Å². The summed E-state index contributed by atoms with van der Waals surface area (Å²) >= 11 is 1.29. The summed E-state index contributed by atoms with van der Waals surface area (Å²) in [5, 5.41) is 1.06. The van der Waals surface area contributed by atoms with Crippen LogP contribution in [0.15, 0.2) is 88.8 Å². The van der Waals surface area contributed by atoms with Gasteiger partial charge in [0.05, 0.1) is 22.3 Å². The normalized spacial score (nSPS) is 11.6. The number of Topliss-reactive ketones (excluding diaryl/α,β-unsaturated/α-hetero) is 1. The number of carbonyl (C=O) groups excluding carboxylic acids is 1. The van der Waals surface area contributed by atoms with E-state index in [4.69, 9.17) is 4.98 Å². The summed E-state index contributed by atoms with van der Waals surface area (Å²) in [7, 11) is 0. The number of hydrogen-bond donors (Lipinski definition) is 0. The lowest BCUT2D eigenvalue weighted by Crippen LogP contribution is -2.22. The van der Waals surface area contributed by atoms with Gasteiger partial charge in [-0.15, -0.1) is 0 Å². The van der Waals surface area contributed by atoms with Crippen molar-refractivity contribution in [2.75, 3.05) is 5.75 Å². The summed E-state index contributed by atoms with van der Waals surface area (Å²) in [6, 6.07) is 24.5. The fourth-order valence-corrected chi connectivity index (χ4v) is 4.29. The number of ketones is 1. The van der Waals surface area contributed by atoms with Gasteiger partial charge in [0.15, 0.2) is 10.9 Å². The average Bonchev–Trinajstić information content (AvgIpc) is 2.77. The number of nitrogens with zero attached hydrogens (tertiary/aromatic N) is 2. The van der Waals surface area contributed by atoms with Crippen molar-refractivity contribution >= 4 is 28.4 Å². The van der Waals surface area contributed by atoms with Crippen molar-refractivity contribution in [2.24, 2.45) is 0 Å². The molecule has 0 unspecified atom stereocenters. The van der Waals surface area contributed by atoms with E-state index < -0.39 is 0 Å². The maximum Gasteiger partial charge on any atom is 0.266 e. The van der Waals surface area contributed by atoms with E-state index in [2.05, 4.69) is 20.8 Å². The molecule has 3 aromatic carbocycles. The van der Waals surface area contributed by atoms with Crippen LogP contribution in [0.3, 0.4) is 0 Å². The fourth-order valence-electron chi connectivity index (χ4n) is 3.38. The molecule has 0 atom stereocenters. The van der Waals surface area contributed by atoms with Crippen molar-refractivity contribution in [2.45, 2.75) is 31.3 Å². The monoisotopic (exact) mass is 428 g/mol. The predicted octanol–water partition coefficient (Wildman–Crippen LogP) is 5.66. The third kappa shape index (κ3) is 4.47. The van der Waals surface area contributed by atoms with Crippen molar-refractivity contribution in [3.63, 3.8) is 0 Å². The largest absolute Gasteiger partial charge is 0.293 e. The van der Waals surface area contributed by atoms with E-state index in [1.807, 2.05) is 72.8 Å². The van der Waals surface area contributed by atoms with E-state index in [-0.39, 0.29) is 22.5 Å². The molecule has 0 saturated carbocycles. The smallest absolute Gasteiger partial charge is 0.266 e. The van der Waals surface area contributed by atoms with Gasteiger partial charge in [-0.2, -0.15) is 0 Å². The Hall–Kier alpha value is -3.18. The van der Waals surface area contributed by atoms with Crippen LogP contribution >= 0.6 is 11.8 Å². The van der Waals surface area contributed by atoms with Gasteiger partial charge in [-0.25, -0.2) is 4.98 Å². The summed E-state index contributed by atoms with van der Waals surface area (Å²) in [6.07, 6.45) is 0. The summed E-state index contributed by atoms with van der Waals surface area (Å²) < 4.78 is 1.59. The number of rotatable bonds is 5. The average molecular weight is 429 g/mol. The molecule has 4 aromatic rings. The molecule has 0 aliphatic heterocycles. The maximum atomic E-state index is 13.2. The molecule has 0 aliphatic carbocycles. The van der Waals surface area contributed by atoms with E-state index >= 15 is 0 Å². The molecule has 1 heterocycles. The number of carbonyl (C=O) groups is 1. The highest BCUT2D eigenvalue weighted by Gasteiger charge is 2.17. The summed E-state index contributed by atoms with van der Waals surface area (Å²) in [4.78, 5) is 30.8. The molecule has 31 heavy (non-hydrogen) atoms. The lowest BCUT2D eigenvalue weighted by Gasteiger charge is -2.19. The number of para-hydroxylation sites is 2. The Bertz CT molecular complexity index is 1290. The topological polar surface area (TPSA) is 52.0 Å². The molecule has 4 rings (SSSR count). The second-order valence-electron chi connectivity index (χ2n) is 8.43. The van der Waals surface area contributed by atoms with Crippen LogP contribution in [0.5, 0.6) is 0 Å². The zero-order valence-corrected chi connectivity index (χ0v) is 18.6. The van der Waals surface area contributed by atoms with Gasteiger partial charge >= 0.3 is 0 Å². The molecule has 0 N–H and O–H groups in total. The Morgan fingerprint density at radius 3 is 2.23 bits per heavy atom. The Morgan fingerprint density at radius 1 is 0.903 bits per heavy atom. The minimum atomic E-state index is -0.138. The molecular formula is C26H24N2O2S. The Kier molecular flexibility index (Phi) is 5.79. The van der Waals surface area contributed by atoms with Crippen molar-refractivity contribution in [3.05, 3.63) is 100 Å². The summed E-state index contributed by atoms with van der Waals surface area (Å²) in [5.41, 5.74) is 3.11. The lowest BCUT2D eigenvalue weighted by atomic mass is 9.86. The minimum Gasteiger partial charge on any atom is -0.293 e. The van der Waals surface area contributed by atoms with Crippen LogP contribution in [0.2, 0.25) is 0 Å². The van der Waals surface area contributed by atoms with E-state index in [1.165, 1.54) is 17.3 Å². The highest BCUT2D eigenvalue weighted by atomic mass is 32.2. The van der Waals surface area contributed by atoms with Crippen LogP contribution in [-0.2, 0) is 5.41 Å². The molecule has 0 bridgehead atoms. The van der Waals surface area contributed by atoms with Crippen LogP contribution in [0.25, 0.3) is 16.6 Å². The van der Waals surface area contributed by atoms with E-state index in [0.29, 0.717) is 21.6 Å². The van der Waals surface area contributed by atoms with E-state index in [0.717, 1.165) is 5.69 Å². The Morgan fingerprint density at radius 2 is 1.55 bits per heavy atom. The second-order valence-corrected chi connectivity index (χ2v) is 9.37. The van der Waals surface area contributed by atoms with Crippen molar-refractivity contribution < 1.29 is 4.79 Å². The van der Waals surface area contributed by atoms with Gasteiger partial charge in [0.2, 0.25) is 0 Å². The fraction of sp³-hybridized carbons (Fsp3) is 0.192. The molecule has 5 heteroatoms. The van der Waals surface area contributed by atoms with Crippen LogP contribution in [0, 0.1) is 0 Å². The first-order valence-electron chi connectivity index (χ1n) is 10.2. The van der Waals surface area contributed by atoms with E-state index in [9.17, 15) is 9.59 Å². The standard InChI is InChI=1S/C26H24N2O2S/c1-26(2,3)19-15-13-18(14-16-19)23(29)17-31-25-27-22-12-8-7-11-21(22)24(30)28(25)20-9-5-4-6-10-20/h4-16H,17H2,1-3H3. The zero-order valence-electron chi connectivity index (χ0n) is 17.8. The third-order valence-corrected chi connectivity index (χ3v) is 6.10. The second kappa shape index (κ2) is 8.52. The van der Waals surface area contributed by atoms with Crippen molar-refractivity contribution in [3.8, 4) is 5.69 Å². The lowest BCUT2D eigenvalue weighted by molar-refractivity contribution is 0.102. The van der Waals surface area contributed by atoms with Gasteiger partial charge in [0, 0.05) is 5.56 Å². The first-order valence-corrected chi connectivity index (χ1v) is 11.2. The molecule has 0 fully saturated rings. The van der Waals surface area contributed by atoms with Crippen LogP contribution in [0.4, 0.5) is 0 Å². The quantitative estimate of drug-likeness (QED) is 0.234. The first-order chi connectivity index (χ1) is 14.8. The van der Waals surface area contributed by atoms with Crippen LogP contribution in [-0.4, -0.2) is 21.1 Å². The third-order valence-electron chi connectivity index (χ3n) is 5.16. The number of aromatic nitrogens is 2. The summed E-state index contributed by atoms with van der Waals surface area (Å²) in [6.45, 7) is 6.44. The molecule has 0 amide bonds. The van der Waals surface area contributed by atoms with Gasteiger partial charge in [0.1, 0.15) is 0 Å². The predicted molar refractivity (Wildman–Crippen MR) is 128 cm³/mol. The van der Waals surface area contributed by atoms with Crippen molar-refractivity contribution in [1.29, 1.82) is 0 Å². The SMILES string of the molecule is CC(C)(C)c1ccc(C(=O)CSc2nc3ccccc3c(=O)n2-c2ccccc2)cc1. The first kappa shape index (κ1) is 21.1. The molecule has 0 aliphatic rings. The number of fused-ring (bicyclic) bond motifs is 1. The van der Waals surface area contributed by atoms with Crippen LogP contribution < -0.4 is 5.56 Å². The van der Waals surface area contributed by atoms with Crippen molar-refractivity contribution in [1.82, 2.24) is 9.55 Å². The molecule has 4 nitrogen and oxygen atoms in total. The summed E-state index contributed by atoms with van der Waals surface area (Å²) in [5.74, 6) is 0.208. The number of benzene rings is 3. The molecule has 156 valence electrons. The van der Waals surface area contributed by atoms with Gasteiger partial charge < -0.3 is 0 Å².